The molecule has 4 heteroatoms. The van der Waals surface area contributed by atoms with Crippen LogP contribution in [0, 0.1) is 0 Å². The molecule has 0 aliphatic heterocycles. The van der Waals surface area contributed by atoms with Crippen LogP contribution in [0.5, 0.6) is 0 Å². The topological polar surface area (TPSA) is 49.4 Å². The lowest BCUT2D eigenvalue weighted by atomic mass is 10.4. The summed E-state index contributed by atoms with van der Waals surface area (Å²) in [4.78, 5) is 23.6. The van der Waals surface area contributed by atoms with Crippen molar-refractivity contribution >= 4 is 11.8 Å². The van der Waals surface area contributed by atoms with Crippen LogP contribution in [0.25, 0.3) is 0 Å². The molecule has 0 aromatic heterocycles. The van der Waals surface area contributed by atoms with E-state index in [0.717, 1.165) is 0 Å². The van der Waals surface area contributed by atoms with Gasteiger partial charge in [-0.2, -0.15) is 0 Å². The molecule has 1 N–H and O–H groups in total. The van der Waals surface area contributed by atoms with E-state index < -0.39 is 0 Å². The first-order valence-corrected chi connectivity index (χ1v) is 4.33. The maximum atomic E-state index is 11.1. The maximum Gasteiger partial charge on any atom is 0.246 e. The minimum absolute atomic E-state index is 0.106. The van der Waals surface area contributed by atoms with E-state index in [0.29, 0.717) is 13.1 Å². The predicted molar refractivity (Wildman–Crippen MR) is 51.1 cm³/mol. The van der Waals surface area contributed by atoms with Gasteiger partial charge < -0.3 is 10.2 Å². The summed E-state index contributed by atoms with van der Waals surface area (Å²) in [7, 11) is 0. The van der Waals surface area contributed by atoms with E-state index in [1.54, 1.807) is 0 Å². The number of hydrogen-bond donors (Lipinski definition) is 1. The van der Waals surface area contributed by atoms with Gasteiger partial charge in [-0.3, -0.25) is 9.59 Å². The molecule has 0 saturated heterocycles. The summed E-state index contributed by atoms with van der Waals surface area (Å²) >= 11 is 0. The highest BCUT2D eigenvalue weighted by molar-refractivity contribution is 5.90. The maximum absolute atomic E-state index is 11.1. The Kier molecular flexibility index (Phi) is 5.59. The van der Waals surface area contributed by atoms with Crippen molar-refractivity contribution in [3.63, 3.8) is 0 Å². The van der Waals surface area contributed by atoms with E-state index in [-0.39, 0.29) is 18.4 Å². The first-order valence-electron chi connectivity index (χ1n) is 4.33. The van der Waals surface area contributed by atoms with Gasteiger partial charge in [0.2, 0.25) is 11.8 Å². The fourth-order valence-electron chi connectivity index (χ4n) is 0.901. The molecule has 4 nitrogen and oxygen atoms in total. The summed E-state index contributed by atoms with van der Waals surface area (Å²) in [5.41, 5.74) is 0. The summed E-state index contributed by atoms with van der Waals surface area (Å²) in [5.74, 6) is -0.353. The monoisotopic (exact) mass is 184 g/mol. The first kappa shape index (κ1) is 11.7. The molecule has 2 amide bonds. The molecule has 0 aromatic carbocycles. The predicted octanol–water partition coefficient (Wildman–Crippen LogP) is 0.157. The van der Waals surface area contributed by atoms with Crippen molar-refractivity contribution in [1.29, 1.82) is 0 Å². The van der Waals surface area contributed by atoms with Gasteiger partial charge in [-0.15, -0.1) is 0 Å². The average molecular weight is 184 g/mol. The quantitative estimate of drug-likeness (QED) is 0.619. The van der Waals surface area contributed by atoms with Crippen molar-refractivity contribution in [2.45, 2.75) is 13.8 Å². The van der Waals surface area contributed by atoms with E-state index >= 15 is 0 Å². The number of carbonyl (C=O) groups excluding carboxylic acids is 2. The molecule has 0 fully saturated rings. The van der Waals surface area contributed by atoms with Gasteiger partial charge in [-0.1, -0.05) is 6.58 Å². The molecule has 0 rings (SSSR count). The highest BCUT2D eigenvalue weighted by atomic mass is 16.2. The third-order valence-corrected chi connectivity index (χ3v) is 1.58. The zero-order valence-electron chi connectivity index (χ0n) is 8.17. The molecular weight excluding hydrogens is 168 g/mol. The lowest BCUT2D eigenvalue weighted by molar-refractivity contribution is -0.132. The number of likely N-dealkylation sites (N-methyl/N-ethyl adjacent to an activating group) is 2. The van der Waals surface area contributed by atoms with Crippen LogP contribution in [0.15, 0.2) is 12.7 Å². The van der Waals surface area contributed by atoms with Crippen molar-refractivity contribution < 1.29 is 9.59 Å². The van der Waals surface area contributed by atoms with Crippen LogP contribution in [0.4, 0.5) is 0 Å². The Hall–Kier alpha value is -1.32. The third-order valence-electron chi connectivity index (χ3n) is 1.58. The van der Waals surface area contributed by atoms with Crippen LogP contribution in [0.2, 0.25) is 0 Å². The number of carbonyl (C=O) groups is 2. The van der Waals surface area contributed by atoms with Gasteiger partial charge in [-0.05, 0) is 19.9 Å². The molecule has 0 spiro atoms. The van der Waals surface area contributed by atoms with Gasteiger partial charge in [0, 0.05) is 13.1 Å². The van der Waals surface area contributed by atoms with Crippen molar-refractivity contribution in [2.24, 2.45) is 0 Å². The van der Waals surface area contributed by atoms with E-state index in [1.165, 1.54) is 11.0 Å². The number of rotatable bonds is 5. The first-order chi connectivity index (χ1) is 6.15. The zero-order valence-corrected chi connectivity index (χ0v) is 8.17. The van der Waals surface area contributed by atoms with Gasteiger partial charge >= 0.3 is 0 Å². The van der Waals surface area contributed by atoms with Crippen molar-refractivity contribution in [2.75, 3.05) is 19.6 Å². The molecule has 0 aromatic rings. The van der Waals surface area contributed by atoms with E-state index in [4.69, 9.17) is 0 Å². The number of amides is 2. The lowest BCUT2D eigenvalue weighted by Crippen LogP contribution is -2.39. The van der Waals surface area contributed by atoms with Gasteiger partial charge in [0.25, 0.3) is 0 Å². The molecule has 74 valence electrons. The summed E-state index contributed by atoms with van der Waals surface area (Å²) in [6.45, 7) is 8.22. The molecule has 0 radical (unpaired) electrons. The smallest absolute Gasteiger partial charge is 0.246 e. The average Bonchev–Trinajstić information content (AvgIpc) is 2.13. The Bertz CT molecular complexity index is 202. The van der Waals surface area contributed by atoms with E-state index in [9.17, 15) is 9.59 Å². The Morgan fingerprint density at radius 1 is 1.46 bits per heavy atom. The Morgan fingerprint density at radius 3 is 2.46 bits per heavy atom. The summed E-state index contributed by atoms with van der Waals surface area (Å²) in [6, 6.07) is 0. The molecule has 0 aliphatic carbocycles. The Labute approximate surface area is 78.6 Å². The van der Waals surface area contributed by atoms with Gasteiger partial charge in [-0.25, -0.2) is 0 Å². The van der Waals surface area contributed by atoms with Gasteiger partial charge in [0.1, 0.15) is 0 Å². The Balaban J connectivity index is 4.04. The second-order valence-corrected chi connectivity index (χ2v) is 2.51. The fourth-order valence-corrected chi connectivity index (χ4v) is 0.901. The third kappa shape index (κ3) is 4.30. The number of hydrogen-bond acceptors (Lipinski definition) is 2. The summed E-state index contributed by atoms with van der Waals surface area (Å²) in [5, 5.41) is 2.62. The van der Waals surface area contributed by atoms with Crippen LogP contribution in [-0.2, 0) is 9.59 Å². The largest absolute Gasteiger partial charge is 0.355 e. The van der Waals surface area contributed by atoms with Crippen molar-refractivity contribution in [3.05, 3.63) is 12.7 Å². The van der Waals surface area contributed by atoms with Gasteiger partial charge in [0.15, 0.2) is 0 Å². The highest BCUT2D eigenvalue weighted by Crippen LogP contribution is 1.89. The SMILES string of the molecule is C=CC(=O)N(CC)CC(=O)NCC. The zero-order chi connectivity index (χ0) is 10.3. The minimum atomic E-state index is -0.214. The molecule has 0 saturated carbocycles. The van der Waals surface area contributed by atoms with Crippen molar-refractivity contribution in [1.82, 2.24) is 10.2 Å². The second kappa shape index (κ2) is 6.22. The van der Waals surface area contributed by atoms with Gasteiger partial charge in [0.05, 0.1) is 6.54 Å². The standard InChI is InChI=1S/C9H16N2O2/c1-4-9(13)11(6-3)7-8(12)10-5-2/h4H,1,5-7H2,2-3H3,(H,10,12). The van der Waals surface area contributed by atoms with E-state index in [1.807, 2.05) is 13.8 Å². The second-order valence-electron chi connectivity index (χ2n) is 2.51. The summed E-state index contributed by atoms with van der Waals surface area (Å²) < 4.78 is 0. The molecule has 0 atom stereocenters. The molecule has 0 unspecified atom stereocenters. The molecular formula is C9H16N2O2. The number of nitrogens with one attached hydrogen (secondary N) is 1. The summed E-state index contributed by atoms with van der Waals surface area (Å²) in [6.07, 6.45) is 1.21. The van der Waals surface area contributed by atoms with Crippen LogP contribution < -0.4 is 5.32 Å². The normalized spacial score (nSPS) is 9.08. The van der Waals surface area contributed by atoms with E-state index in [2.05, 4.69) is 11.9 Å². The Morgan fingerprint density at radius 2 is 2.08 bits per heavy atom. The molecule has 13 heavy (non-hydrogen) atoms. The fraction of sp³-hybridized carbons (Fsp3) is 0.556. The molecule has 0 aliphatic rings. The molecule has 0 heterocycles. The minimum Gasteiger partial charge on any atom is -0.355 e. The van der Waals surface area contributed by atoms with Crippen LogP contribution in [-0.4, -0.2) is 36.3 Å². The van der Waals surface area contributed by atoms with Crippen LogP contribution in [0.3, 0.4) is 0 Å². The number of nitrogens with zero attached hydrogens (tertiary/aromatic N) is 1. The lowest BCUT2D eigenvalue weighted by Gasteiger charge is -2.17. The van der Waals surface area contributed by atoms with Crippen LogP contribution in [0.1, 0.15) is 13.8 Å². The van der Waals surface area contributed by atoms with Crippen LogP contribution >= 0.6 is 0 Å². The highest BCUT2D eigenvalue weighted by Gasteiger charge is 2.11. The molecule has 0 bridgehead atoms. The van der Waals surface area contributed by atoms with Crippen molar-refractivity contribution in [3.8, 4) is 0 Å².